The number of oxime groups is 1. The van der Waals surface area contributed by atoms with E-state index < -0.39 is 5.97 Å². The van der Waals surface area contributed by atoms with Gasteiger partial charge in [0.15, 0.2) is 0 Å². The third-order valence-electron chi connectivity index (χ3n) is 6.61. The Hall–Kier alpha value is -3.23. The minimum Gasteiger partial charge on any atom is -0.480 e. The normalized spacial score (nSPS) is 23.3. The summed E-state index contributed by atoms with van der Waals surface area (Å²) in [5.74, 6) is -0.772. The van der Waals surface area contributed by atoms with Crippen LogP contribution in [0.2, 0.25) is 0 Å². The summed E-state index contributed by atoms with van der Waals surface area (Å²) in [5.41, 5.74) is 7.45. The van der Waals surface area contributed by atoms with Crippen LogP contribution in [0.25, 0.3) is 0 Å². The molecular weight excluding hydrogens is 442 g/mol. The molecule has 2 aliphatic rings. The molecule has 2 aliphatic heterocycles. The van der Waals surface area contributed by atoms with E-state index in [1.54, 1.807) is 0 Å². The lowest BCUT2D eigenvalue weighted by Gasteiger charge is -2.44. The molecule has 0 aliphatic carbocycles. The van der Waals surface area contributed by atoms with E-state index in [1.165, 1.54) is 5.56 Å². The molecule has 8 nitrogen and oxygen atoms in total. The standard InChI is InChI=1S/C27H35N5O3/c1-20-16-31(17-21(2)32(20)19-27(33)34)18-25-14-26(30-35-25)24-10-8-23(9-11-24)15-29-28-13-12-22-6-4-3-5-7-22/h3-11,15,20-21,25,28H,12-14,16-19H2,1-2H3,(H,33,34). The lowest BCUT2D eigenvalue weighted by molar-refractivity contribution is -0.140. The second-order valence-corrected chi connectivity index (χ2v) is 9.48. The van der Waals surface area contributed by atoms with Gasteiger partial charge in [0.25, 0.3) is 0 Å². The number of carbonyl (C=O) groups is 1. The molecule has 3 atom stereocenters. The maximum Gasteiger partial charge on any atom is 0.317 e. The summed E-state index contributed by atoms with van der Waals surface area (Å²) in [4.78, 5) is 21.3. The van der Waals surface area contributed by atoms with Crippen molar-refractivity contribution in [3.8, 4) is 0 Å². The van der Waals surface area contributed by atoms with Gasteiger partial charge in [-0.3, -0.25) is 14.6 Å². The van der Waals surface area contributed by atoms with Gasteiger partial charge in [-0.15, -0.1) is 0 Å². The van der Waals surface area contributed by atoms with Crippen LogP contribution in [0.1, 0.15) is 37.0 Å². The first-order valence-electron chi connectivity index (χ1n) is 12.3. The quantitative estimate of drug-likeness (QED) is 0.311. The minimum absolute atomic E-state index is 0.0190. The number of piperazine rings is 1. The third-order valence-corrected chi connectivity index (χ3v) is 6.61. The van der Waals surface area contributed by atoms with Gasteiger partial charge >= 0.3 is 5.97 Å². The van der Waals surface area contributed by atoms with Crippen molar-refractivity contribution >= 4 is 17.9 Å². The van der Waals surface area contributed by atoms with Crippen molar-refractivity contribution < 1.29 is 14.7 Å². The molecule has 0 bridgehead atoms. The van der Waals surface area contributed by atoms with Crippen LogP contribution >= 0.6 is 0 Å². The highest BCUT2D eigenvalue weighted by atomic mass is 16.6. The molecule has 0 amide bonds. The molecule has 2 N–H and O–H groups in total. The number of hydrogen-bond donors (Lipinski definition) is 2. The average Bonchev–Trinajstić information content (AvgIpc) is 3.30. The van der Waals surface area contributed by atoms with E-state index in [1.807, 2.05) is 36.5 Å². The van der Waals surface area contributed by atoms with E-state index in [-0.39, 0.29) is 24.7 Å². The molecule has 0 saturated carbocycles. The van der Waals surface area contributed by atoms with Crippen LogP contribution < -0.4 is 5.43 Å². The van der Waals surface area contributed by atoms with E-state index in [9.17, 15) is 4.79 Å². The molecule has 186 valence electrons. The average molecular weight is 478 g/mol. The third kappa shape index (κ3) is 7.13. The fourth-order valence-corrected chi connectivity index (χ4v) is 4.86. The second-order valence-electron chi connectivity index (χ2n) is 9.48. The predicted molar refractivity (Wildman–Crippen MR) is 138 cm³/mol. The van der Waals surface area contributed by atoms with Gasteiger partial charge in [0.2, 0.25) is 0 Å². The van der Waals surface area contributed by atoms with Gasteiger partial charge < -0.3 is 15.4 Å². The van der Waals surface area contributed by atoms with E-state index in [4.69, 9.17) is 9.94 Å². The first kappa shape index (κ1) is 24.9. The van der Waals surface area contributed by atoms with E-state index >= 15 is 0 Å². The van der Waals surface area contributed by atoms with Gasteiger partial charge in [-0.05, 0) is 37.0 Å². The highest BCUT2D eigenvalue weighted by molar-refractivity contribution is 6.01. The van der Waals surface area contributed by atoms with Gasteiger partial charge in [0.05, 0.1) is 18.5 Å². The number of hydrazone groups is 1. The van der Waals surface area contributed by atoms with Crippen molar-refractivity contribution in [3.63, 3.8) is 0 Å². The van der Waals surface area contributed by atoms with Gasteiger partial charge in [-0.2, -0.15) is 5.10 Å². The van der Waals surface area contributed by atoms with Gasteiger partial charge in [0, 0.05) is 44.7 Å². The number of carboxylic acids is 1. The Kier molecular flexibility index (Phi) is 8.50. The van der Waals surface area contributed by atoms with Crippen LogP contribution in [0.5, 0.6) is 0 Å². The molecule has 1 fully saturated rings. The molecule has 0 spiro atoms. The van der Waals surface area contributed by atoms with Crippen molar-refractivity contribution in [1.82, 2.24) is 15.2 Å². The number of aliphatic carboxylic acids is 1. The number of benzene rings is 2. The monoisotopic (exact) mass is 477 g/mol. The maximum atomic E-state index is 11.1. The van der Waals surface area contributed by atoms with Crippen molar-refractivity contribution in [2.24, 2.45) is 10.3 Å². The molecule has 0 aromatic heterocycles. The Morgan fingerprint density at radius 1 is 1.14 bits per heavy atom. The summed E-state index contributed by atoms with van der Waals surface area (Å²) in [6, 6.07) is 18.9. The number of hydrogen-bond acceptors (Lipinski definition) is 7. The van der Waals surface area contributed by atoms with Crippen LogP contribution in [-0.2, 0) is 16.1 Å². The first-order chi connectivity index (χ1) is 17.0. The molecule has 1 saturated heterocycles. The van der Waals surface area contributed by atoms with Crippen LogP contribution in [0, 0.1) is 0 Å². The Morgan fingerprint density at radius 2 is 1.86 bits per heavy atom. The fourth-order valence-electron chi connectivity index (χ4n) is 4.86. The van der Waals surface area contributed by atoms with Crippen LogP contribution in [0.15, 0.2) is 64.9 Å². The minimum atomic E-state index is -0.772. The SMILES string of the molecule is CC1CN(CC2CC(c3ccc(C=NNCCc4ccccc4)cc3)=NO2)CC(C)N1CC(=O)O. The first-order valence-corrected chi connectivity index (χ1v) is 12.3. The number of nitrogens with one attached hydrogen (secondary N) is 1. The molecular formula is C27H35N5O3. The number of carboxylic acid groups (broad SMARTS) is 1. The fraction of sp³-hybridized carbons (Fsp3) is 0.444. The summed E-state index contributed by atoms with van der Waals surface area (Å²) < 4.78 is 0. The summed E-state index contributed by atoms with van der Waals surface area (Å²) in [6.45, 7) is 7.52. The van der Waals surface area contributed by atoms with Crippen LogP contribution in [-0.4, -0.2) is 83.7 Å². The molecule has 8 heteroatoms. The Labute approximate surface area is 207 Å². The second kappa shape index (κ2) is 12.0. The zero-order valence-corrected chi connectivity index (χ0v) is 20.5. The number of nitrogens with zero attached hydrogens (tertiary/aromatic N) is 4. The molecule has 2 aromatic carbocycles. The molecule has 2 aromatic rings. The molecule has 3 unspecified atom stereocenters. The predicted octanol–water partition coefficient (Wildman–Crippen LogP) is 2.83. The molecule has 35 heavy (non-hydrogen) atoms. The Balaban J connectivity index is 1.20. The van der Waals surface area contributed by atoms with Crippen LogP contribution in [0.4, 0.5) is 0 Å². The summed E-state index contributed by atoms with van der Waals surface area (Å²) in [7, 11) is 0. The van der Waals surface area contributed by atoms with E-state index in [0.29, 0.717) is 0 Å². The molecule has 4 rings (SSSR count). The van der Waals surface area contributed by atoms with E-state index in [0.717, 1.165) is 55.9 Å². The zero-order valence-electron chi connectivity index (χ0n) is 20.5. The maximum absolute atomic E-state index is 11.1. The highest BCUT2D eigenvalue weighted by Crippen LogP contribution is 2.21. The lowest BCUT2D eigenvalue weighted by atomic mass is 10.0. The summed E-state index contributed by atoms with van der Waals surface area (Å²) >= 11 is 0. The van der Waals surface area contributed by atoms with E-state index in [2.05, 4.69) is 63.6 Å². The number of rotatable bonds is 10. The topological polar surface area (TPSA) is 89.8 Å². The van der Waals surface area contributed by atoms with Gasteiger partial charge in [-0.1, -0.05) is 59.8 Å². The Bertz CT molecular complexity index is 1010. The zero-order chi connectivity index (χ0) is 24.6. The van der Waals surface area contributed by atoms with Gasteiger partial charge in [-0.25, -0.2) is 0 Å². The van der Waals surface area contributed by atoms with Gasteiger partial charge in [0.1, 0.15) is 6.10 Å². The summed E-state index contributed by atoms with van der Waals surface area (Å²) in [6.07, 6.45) is 3.56. The van der Waals surface area contributed by atoms with Crippen molar-refractivity contribution in [1.29, 1.82) is 0 Å². The lowest BCUT2D eigenvalue weighted by Crippen LogP contribution is -2.58. The largest absolute Gasteiger partial charge is 0.480 e. The smallest absolute Gasteiger partial charge is 0.317 e. The van der Waals surface area contributed by atoms with Crippen molar-refractivity contribution in [2.75, 3.05) is 32.7 Å². The molecule has 0 radical (unpaired) electrons. The highest BCUT2D eigenvalue weighted by Gasteiger charge is 2.33. The van der Waals surface area contributed by atoms with Crippen molar-refractivity contribution in [2.45, 2.75) is 44.9 Å². The Morgan fingerprint density at radius 3 is 2.54 bits per heavy atom. The molecule has 2 heterocycles. The summed E-state index contributed by atoms with van der Waals surface area (Å²) in [5, 5.41) is 17.8. The van der Waals surface area contributed by atoms with Crippen molar-refractivity contribution in [3.05, 3.63) is 71.3 Å². The van der Waals surface area contributed by atoms with Crippen LogP contribution in [0.3, 0.4) is 0 Å².